The molecule has 8 heteroatoms. The number of hydrogen-bond acceptors (Lipinski definition) is 7. The van der Waals surface area contributed by atoms with Gasteiger partial charge in [-0.25, -0.2) is 0 Å². The van der Waals surface area contributed by atoms with Crippen LogP contribution in [0.1, 0.15) is 0 Å². The van der Waals surface area contributed by atoms with Crippen LogP contribution in [-0.2, 0) is 4.74 Å². The zero-order chi connectivity index (χ0) is 12.8. The number of rotatable bonds is 6. The Morgan fingerprint density at radius 3 is 2.76 bits per heavy atom. The fourth-order valence-corrected chi connectivity index (χ4v) is 1.42. The fourth-order valence-electron chi connectivity index (χ4n) is 1.27. The Hall–Kier alpha value is -1.18. The maximum atomic E-state index is 9.59. The van der Waals surface area contributed by atoms with Gasteiger partial charge in [0.1, 0.15) is 0 Å². The highest BCUT2D eigenvalue weighted by Gasteiger charge is 2.12. The van der Waals surface area contributed by atoms with Gasteiger partial charge < -0.3 is 20.1 Å². The Bertz CT molecular complexity index is 365. The van der Waals surface area contributed by atoms with Crippen molar-refractivity contribution in [3.05, 3.63) is 5.28 Å². The first-order valence-corrected chi connectivity index (χ1v) is 5.42. The second-order valence-electron chi connectivity index (χ2n) is 3.47. The molecule has 0 saturated heterocycles. The van der Waals surface area contributed by atoms with Crippen LogP contribution in [0.4, 0.5) is 11.9 Å². The highest BCUT2D eigenvalue weighted by molar-refractivity contribution is 6.28. The molecule has 0 radical (unpaired) electrons. The highest BCUT2D eigenvalue weighted by Crippen LogP contribution is 2.12. The molecule has 0 saturated carbocycles. The van der Waals surface area contributed by atoms with Crippen LogP contribution in [0.3, 0.4) is 0 Å². The number of likely N-dealkylation sites (N-methyl/N-ethyl adjacent to an activating group) is 1. The van der Waals surface area contributed by atoms with Crippen molar-refractivity contribution in [2.24, 2.45) is 0 Å². The van der Waals surface area contributed by atoms with Crippen LogP contribution in [0.25, 0.3) is 0 Å². The Balaban J connectivity index is 2.74. The molecule has 0 spiro atoms. The van der Waals surface area contributed by atoms with Crippen LogP contribution in [0, 0.1) is 0 Å². The number of aliphatic hydroxyl groups is 1. The lowest BCUT2D eigenvalue weighted by Gasteiger charge is -2.20. The third-order valence-corrected chi connectivity index (χ3v) is 2.17. The first kappa shape index (κ1) is 13.9. The maximum absolute atomic E-state index is 9.59. The molecule has 1 heterocycles. The molecule has 1 rings (SSSR count). The molecule has 0 amide bonds. The molecule has 17 heavy (non-hydrogen) atoms. The van der Waals surface area contributed by atoms with Crippen LogP contribution in [0.15, 0.2) is 0 Å². The molecule has 1 aromatic rings. The van der Waals surface area contributed by atoms with Gasteiger partial charge in [0.05, 0.1) is 12.7 Å². The van der Waals surface area contributed by atoms with Crippen molar-refractivity contribution < 1.29 is 9.84 Å². The van der Waals surface area contributed by atoms with Crippen LogP contribution in [0.5, 0.6) is 0 Å². The van der Waals surface area contributed by atoms with Gasteiger partial charge >= 0.3 is 0 Å². The topological polar surface area (TPSA) is 83.4 Å². The SMILES string of the molecule is CNc1nc(Cl)nc(N(C)CC(O)COC)n1. The van der Waals surface area contributed by atoms with Crippen molar-refractivity contribution in [3.8, 4) is 0 Å². The lowest BCUT2D eigenvalue weighted by Crippen LogP contribution is -2.33. The van der Waals surface area contributed by atoms with E-state index in [0.29, 0.717) is 18.4 Å². The second-order valence-corrected chi connectivity index (χ2v) is 3.81. The molecule has 0 aliphatic heterocycles. The van der Waals surface area contributed by atoms with E-state index in [2.05, 4.69) is 20.3 Å². The molecule has 1 unspecified atom stereocenters. The number of nitrogens with zero attached hydrogens (tertiary/aromatic N) is 4. The van der Waals surface area contributed by atoms with Gasteiger partial charge in [0.2, 0.25) is 17.2 Å². The predicted octanol–water partition coefficient (Wildman–Crippen LogP) is 0.0102. The zero-order valence-corrected chi connectivity index (χ0v) is 10.8. The number of nitrogens with one attached hydrogen (secondary N) is 1. The minimum Gasteiger partial charge on any atom is -0.389 e. The van der Waals surface area contributed by atoms with Crippen LogP contribution in [0.2, 0.25) is 5.28 Å². The van der Waals surface area contributed by atoms with E-state index in [-0.39, 0.29) is 11.9 Å². The predicted molar refractivity (Wildman–Crippen MR) is 65.5 cm³/mol. The summed E-state index contributed by atoms with van der Waals surface area (Å²) in [5, 5.41) is 12.5. The van der Waals surface area contributed by atoms with Gasteiger partial charge in [0, 0.05) is 27.7 Å². The molecule has 7 nitrogen and oxygen atoms in total. The smallest absolute Gasteiger partial charge is 0.231 e. The molecule has 0 aliphatic rings. The van der Waals surface area contributed by atoms with E-state index in [1.807, 2.05) is 0 Å². The van der Waals surface area contributed by atoms with Crippen LogP contribution in [-0.4, -0.2) is 60.5 Å². The van der Waals surface area contributed by atoms with Crippen molar-refractivity contribution in [1.82, 2.24) is 15.0 Å². The van der Waals surface area contributed by atoms with Crippen LogP contribution >= 0.6 is 11.6 Å². The van der Waals surface area contributed by atoms with E-state index >= 15 is 0 Å². The summed E-state index contributed by atoms with van der Waals surface area (Å²) in [6, 6.07) is 0. The summed E-state index contributed by atoms with van der Waals surface area (Å²) in [6.07, 6.45) is -0.612. The van der Waals surface area contributed by atoms with E-state index in [1.54, 1.807) is 19.0 Å². The van der Waals surface area contributed by atoms with Gasteiger partial charge in [-0.05, 0) is 11.6 Å². The van der Waals surface area contributed by atoms with Crippen LogP contribution < -0.4 is 10.2 Å². The van der Waals surface area contributed by atoms with E-state index in [0.717, 1.165) is 0 Å². The summed E-state index contributed by atoms with van der Waals surface area (Å²) >= 11 is 5.75. The van der Waals surface area contributed by atoms with E-state index < -0.39 is 6.10 Å². The highest BCUT2D eigenvalue weighted by atomic mass is 35.5. The monoisotopic (exact) mass is 261 g/mol. The summed E-state index contributed by atoms with van der Waals surface area (Å²) in [6.45, 7) is 0.597. The molecular formula is C9H16ClN5O2. The average molecular weight is 262 g/mol. The normalized spacial score (nSPS) is 12.3. The van der Waals surface area contributed by atoms with E-state index in [1.165, 1.54) is 7.11 Å². The number of anilines is 2. The standard InChI is InChI=1S/C9H16ClN5O2/c1-11-8-12-7(10)13-9(14-8)15(2)4-6(16)5-17-3/h6,16H,4-5H2,1-3H3,(H,11,12,13,14). The van der Waals surface area contributed by atoms with Crippen molar-refractivity contribution in [2.45, 2.75) is 6.10 Å². The lowest BCUT2D eigenvalue weighted by atomic mass is 10.3. The summed E-state index contributed by atoms with van der Waals surface area (Å²) in [4.78, 5) is 13.6. The molecular weight excluding hydrogens is 246 g/mol. The molecule has 0 aliphatic carbocycles. The van der Waals surface area contributed by atoms with Gasteiger partial charge in [0.25, 0.3) is 0 Å². The lowest BCUT2D eigenvalue weighted by molar-refractivity contribution is 0.0693. The Labute approximate surface area is 105 Å². The Kier molecular flexibility index (Phi) is 5.33. The van der Waals surface area contributed by atoms with Crippen molar-refractivity contribution in [1.29, 1.82) is 0 Å². The van der Waals surface area contributed by atoms with Gasteiger partial charge in [-0.1, -0.05) is 0 Å². The maximum Gasteiger partial charge on any atom is 0.231 e. The Morgan fingerprint density at radius 2 is 2.18 bits per heavy atom. The zero-order valence-electron chi connectivity index (χ0n) is 10.0. The minimum atomic E-state index is -0.612. The molecule has 0 aromatic carbocycles. The third-order valence-electron chi connectivity index (χ3n) is 2.01. The molecule has 2 N–H and O–H groups in total. The second kappa shape index (κ2) is 6.53. The van der Waals surface area contributed by atoms with E-state index in [9.17, 15) is 5.11 Å². The average Bonchev–Trinajstić information content (AvgIpc) is 2.28. The number of halogens is 1. The summed E-state index contributed by atoms with van der Waals surface area (Å²) in [5.74, 6) is 0.776. The van der Waals surface area contributed by atoms with Gasteiger partial charge in [0.15, 0.2) is 0 Å². The Morgan fingerprint density at radius 1 is 1.47 bits per heavy atom. The summed E-state index contributed by atoms with van der Waals surface area (Å²) in [5.41, 5.74) is 0. The van der Waals surface area contributed by atoms with E-state index in [4.69, 9.17) is 16.3 Å². The first-order chi connectivity index (χ1) is 8.06. The third kappa shape index (κ3) is 4.29. The van der Waals surface area contributed by atoms with Crippen molar-refractivity contribution >= 4 is 23.5 Å². The quantitative estimate of drug-likeness (QED) is 0.746. The van der Waals surface area contributed by atoms with Gasteiger partial charge in [-0.3, -0.25) is 0 Å². The molecule has 0 fully saturated rings. The molecule has 1 aromatic heterocycles. The van der Waals surface area contributed by atoms with Gasteiger partial charge in [-0.2, -0.15) is 15.0 Å². The largest absolute Gasteiger partial charge is 0.389 e. The van der Waals surface area contributed by atoms with Crippen molar-refractivity contribution in [2.75, 3.05) is 44.6 Å². The molecule has 0 bridgehead atoms. The number of ether oxygens (including phenoxy) is 1. The summed E-state index contributed by atoms with van der Waals surface area (Å²) < 4.78 is 4.84. The van der Waals surface area contributed by atoms with Gasteiger partial charge in [-0.15, -0.1) is 0 Å². The number of aromatic nitrogens is 3. The van der Waals surface area contributed by atoms with Crippen molar-refractivity contribution in [3.63, 3.8) is 0 Å². The number of hydrogen-bond donors (Lipinski definition) is 2. The number of aliphatic hydroxyl groups excluding tert-OH is 1. The fraction of sp³-hybridized carbons (Fsp3) is 0.667. The summed E-state index contributed by atoms with van der Waals surface area (Å²) in [7, 11) is 4.97. The molecule has 1 atom stereocenters. The first-order valence-electron chi connectivity index (χ1n) is 5.04. The number of methoxy groups -OCH3 is 1. The molecule has 96 valence electrons. The minimum absolute atomic E-state index is 0.104.